The predicted molar refractivity (Wildman–Crippen MR) is 74.3 cm³/mol. The van der Waals surface area contributed by atoms with Gasteiger partial charge in [0.1, 0.15) is 25.9 Å². The second-order valence-electron chi connectivity index (χ2n) is 4.79. The molecule has 6 nitrogen and oxygen atoms in total. The van der Waals surface area contributed by atoms with Crippen LogP contribution in [0.2, 0.25) is 0 Å². The lowest BCUT2D eigenvalue weighted by Crippen LogP contribution is -2.29. The highest BCUT2D eigenvalue weighted by Crippen LogP contribution is 2.14. The van der Waals surface area contributed by atoms with Crippen LogP contribution in [-0.2, 0) is 22.6 Å². The number of alkyl halides is 3. The van der Waals surface area contributed by atoms with Gasteiger partial charge in [0, 0.05) is 6.54 Å². The number of nitrogens with one attached hydrogen (secondary N) is 1. The molecule has 0 aliphatic heterocycles. The van der Waals surface area contributed by atoms with E-state index in [0.717, 1.165) is 11.1 Å². The van der Waals surface area contributed by atoms with Crippen LogP contribution in [0, 0.1) is 0 Å². The van der Waals surface area contributed by atoms with E-state index in [4.69, 9.17) is 0 Å². The van der Waals surface area contributed by atoms with Crippen LogP contribution in [0.25, 0.3) is 0 Å². The predicted octanol–water partition coefficient (Wildman–Crippen LogP) is 1.52. The molecule has 1 aromatic carbocycles. The van der Waals surface area contributed by atoms with Gasteiger partial charge in [-0.15, -0.1) is 0 Å². The van der Waals surface area contributed by atoms with Crippen molar-refractivity contribution < 1.29 is 22.7 Å². The minimum Gasteiger partial charge on any atom is -0.362 e. The Morgan fingerprint density at radius 2 is 1.91 bits per heavy atom. The minimum atomic E-state index is -4.43. The lowest BCUT2D eigenvalue weighted by molar-refractivity contribution is -0.175. The molecule has 0 saturated heterocycles. The average molecular weight is 328 g/mol. The standard InChI is InChI=1S/C14H15F3N4O2/c15-14(16,17)8-23-7-13(22)19-5-11-1-3-12(4-2-11)6-21-10-18-9-20-21/h1-4,9-10H,5-8H2,(H,19,22). The SMILES string of the molecule is O=C(COCC(F)(F)F)NCc1ccc(Cn2cncn2)cc1. The molecule has 1 aromatic heterocycles. The molecule has 9 heteroatoms. The summed E-state index contributed by atoms with van der Waals surface area (Å²) in [4.78, 5) is 15.2. The summed E-state index contributed by atoms with van der Waals surface area (Å²) >= 11 is 0. The number of hydrogen-bond acceptors (Lipinski definition) is 4. The highest BCUT2D eigenvalue weighted by Gasteiger charge is 2.27. The van der Waals surface area contributed by atoms with Crippen molar-refractivity contribution in [1.82, 2.24) is 20.1 Å². The Bertz CT molecular complexity index is 612. The fourth-order valence-corrected chi connectivity index (χ4v) is 1.78. The molecular formula is C14H15F3N4O2. The van der Waals surface area contributed by atoms with E-state index in [2.05, 4.69) is 20.1 Å². The van der Waals surface area contributed by atoms with Crippen molar-refractivity contribution in [3.8, 4) is 0 Å². The van der Waals surface area contributed by atoms with Crippen LogP contribution in [0.3, 0.4) is 0 Å². The lowest BCUT2D eigenvalue weighted by Gasteiger charge is -2.09. The number of halogens is 3. The summed E-state index contributed by atoms with van der Waals surface area (Å²) in [6.45, 7) is -1.25. The molecule has 0 saturated carbocycles. The molecule has 0 bridgehead atoms. The molecule has 124 valence electrons. The van der Waals surface area contributed by atoms with Crippen molar-refractivity contribution >= 4 is 5.91 Å². The van der Waals surface area contributed by atoms with Crippen molar-refractivity contribution in [2.45, 2.75) is 19.3 Å². The van der Waals surface area contributed by atoms with Gasteiger partial charge in [0.15, 0.2) is 0 Å². The van der Waals surface area contributed by atoms with Gasteiger partial charge in [-0.05, 0) is 11.1 Å². The first kappa shape index (κ1) is 16.9. The Kier molecular flexibility index (Phi) is 5.69. The molecule has 1 amide bonds. The molecule has 1 heterocycles. The summed E-state index contributed by atoms with van der Waals surface area (Å²) in [5.74, 6) is -0.596. The van der Waals surface area contributed by atoms with Crippen LogP contribution in [-0.4, -0.2) is 40.1 Å². The maximum absolute atomic E-state index is 11.9. The van der Waals surface area contributed by atoms with E-state index in [1.165, 1.54) is 6.33 Å². The van der Waals surface area contributed by atoms with E-state index < -0.39 is 25.3 Å². The number of benzene rings is 1. The molecular weight excluding hydrogens is 313 g/mol. The van der Waals surface area contributed by atoms with Crippen molar-refractivity contribution in [3.63, 3.8) is 0 Å². The number of ether oxygens (including phenoxy) is 1. The maximum Gasteiger partial charge on any atom is 0.411 e. The first-order valence-corrected chi connectivity index (χ1v) is 6.74. The molecule has 0 aliphatic rings. The normalized spacial score (nSPS) is 11.4. The Hall–Kier alpha value is -2.42. The Morgan fingerprint density at radius 1 is 1.22 bits per heavy atom. The number of carbonyl (C=O) groups is 1. The quantitative estimate of drug-likeness (QED) is 0.837. The minimum absolute atomic E-state index is 0.220. The van der Waals surface area contributed by atoms with Gasteiger partial charge in [-0.1, -0.05) is 24.3 Å². The summed E-state index contributed by atoms with van der Waals surface area (Å²) < 4.78 is 41.5. The first-order valence-electron chi connectivity index (χ1n) is 6.74. The molecule has 0 spiro atoms. The van der Waals surface area contributed by atoms with Crippen LogP contribution in [0.1, 0.15) is 11.1 Å². The smallest absolute Gasteiger partial charge is 0.362 e. The summed E-state index contributed by atoms with van der Waals surface area (Å²) in [6.07, 6.45) is -1.37. The van der Waals surface area contributed by atoms with Gasteiger partial charge in [-0.25, -0.2) is 9.67 Å². The third kappa shape index (κ3) is 6.47. The largest absolute Gasteiger partial charge is 0.411 e. The Labute approximate surface area is 130 Å². The van der Waals surface area contributed by atoms with Crippen molar-refractivity contribution in [1.29, 1.82) is 0 Å². The summed E-state index contributed by atoms with van der Waals surface area (Å²) in [7, 11) is 0. The zero-order valence-corrected chi connectivity index (χ0v) is 12.1. The molecule has 2 rings (SSSR count). The second kappa shape index (κ2) is 7.73. The van der Waals surface area contributed by atoms with Gasteiger partial charge in [-0.2, -0.15) is 18.3 Å². The summed E-state index contributed by atoms with van der Waals surface area (Å²) in [6, 6.07) is 7.40. The molecule has 23 heavy (non-hydrogen) atoms. The number of carbonyl (C=O) groups excluding carboxylic acids is 1. The molecule has 1 N–H and O–H groups in total. The van der Waals surface area contributed by atoms with E-state index in [1.54, 1.807) is 11.0 Å². The number of nitrogens with zero attached hydrogens (tertiary/aromatic N) is 3. The van der Waals surface area contributed by atoms with E-state index in [0.29, 0.717) is 6.54 Å². The van der Waals surface area contributed by atoms with Crippen LogP contribution < -0.4 is 5.32 Å². The fraction of sp³-hybridized carbons (Fsp3) is 0.357. The average Bonchev–Trinajstić information content (AvgIpc) is 2.98. The van der Waals surface area contributed by atoms with Gasteiger partial charge >= 0.3 is 6.18 Å². The van der Waals surface area contributed by atoms with Gasteiger partial charge in [-0.3, -0.25) is 4.79 Å². The summed E-state index contributed by atoms with van der Waals surface area (Å²) in [5.41, 5.74) is 1.84. The monoisotopic (exact) mass is 328 g/mol. The zero-order chi connectivity index (χ0) is 16.7. The van der Waals surface area contributed by atoms with Crippen molar-refractivity contribution in [2.24, 2.45) is 0 Å². The topological polar surface area (TPSA) is 69.0 Å². The van der Waals surface area contributed by atoms with Crippen molar-refractivity contribution in [3.05, 3.63) is 48.0 Å². The third-order valence-electron chi connectivity index (χ3n) is 2.82. The Morgan fingerprint density at radius 3 is 2.52 bits per heavy atom. The molecule has 0 fully saturated rings. The third-order valence-corrected chi connectivity index (χ3v) is 2.82. The van der Waals surface area contributed by atoms with Crippen LogP contribution >= 0.6 is 0 Å². The fourth-order valence-electron chi connectivity index (χ4n) is 1.78. The van der Waals surface area contributed by atoms with Crippen LogP contribution in [0.5, 0.6) is 0 Å². The molecule has 0 radical (unpaired) electrons. The number of amides is 1. The maximum atomic E-state index is 11.9. The van der Waals surface area contributed by atoms with Crippen LogP contribution in [0.4, 0.5) is 13.2 Å². The van der Waals surface area contributed by atoms with Gasteiger partial charge in [0.05, 0.1) is 6.54 Å². The number of hydrogen-bond donors (Lipinski definition) is 1. The number of rotatable bonds is 7. The molecule has 0 unspecified atom stereocenters. The van der Waals surface area contributed by atoms with E-state index in [-0.39, 0.29) is 6.54 Å². The lowest BCUT2D eigenvalue weighted by atomic mass is 10.1. The van der Waals surface area contributed by atoms with E-state index >= 15 is 0 Å². The number of aromatic nitrogens is 3. The molecule has 2 aromatic rings. The van der Waals surface area contributed by atoms with Gasteiger partial charge in [0.2, 0.25) is 5.91 Å². The Balaban J connectivity index is 1.72. The van der Waals surface area contributed by atoms with E-state index in [1.807, 2.05) is 24.3 Å². The van der Waals surface area contributed by atoms with Gasteiger partial charge in [0.25, 0.3) is 0 Å². The zero-order valence-electron chi connectivity index (χ0n) is 12.1. The van der Waals surface area contributed by atoms with Crippen molar-refractivity contribution in [2.75, 3.05) is 13.2 Å². The van der Waals surface area contributed by atoms with Gasteiger partial charge < -0.3 is 10.1 Å². The van der Waals surface area contributed by atoms with E-state index in [9.17, 15) is 18.0 Å². The summed E-state index contributed by atoms with van der Waals surface area (Å²) in [5, 5.41) is 6.49. The molecule has 0 aliphatic carbocycles. The first-order chi connectivity index (χ1) is 10.9. The second-order valence-corrected chi connectivity index (χ2v) is 4.79. The van der Waals surface area contributed by atoms with Crippen LogP contribution in [0.15, 0.2) is 36.9 Å². The highest BCUT2D eigenvalue weighted by atomic mass is 19.4. The molecule has 0 atom stereocenters. The highest BCUT2D eigenvalue weighted by molar-refractivity contribution is 5.77.